The second-order valence-corrected chi connectivity index (χ2v) is 5.46. The van der Waals surface area contributed by atoms with Crippen LogP contribution in [0.1, 0.15) is 17.3 Å². The van der Waals surface area contributed by atoms with Gasteiger partial charge < -0.3 is 0 Å². The smallest absolute Gasteiger partial charge is 0.187 e. The van der Waals surface area contributed by atoms with Gasteiger partial charge in [-0.1, -0.05) is 35.9 Å². The molecular formula is C18H13N2OS. The van der Waals surface area contributed by atoms with E-state index in [1.807, 2.05) is 30.5 Å². The zero-order valence-corrected chi connectivity index (χ0v) is 12.7. The Hall–Kier alpha value is -2.64. The van der Waals surface area contributed by atoms with Crippen LogP contribution in [0.4, 0.5) is 0 Å². The fraction of sp³-hybridized carbons (Fsp3) is 0.0556. The van der Waals surface area contributed by atoms with Gasteiger partial charge >= 0.3 is 0 Å². The van der Waals surface area contributed by atoms with Crippen LogP contribution < -0.4 is 0 Å². The maximum absolute atomic E-state index is 11.3. The molecule has 1 radical (unpaired) electrons. The number of aromatic nitrogens is 2. The summed E-state index contributed by atoms with van der Waals surface area (Å²) in [4.78, 5) is 19.9. The van der Waals surface area contributed by atoms with E-state index in [1.54, 1.807) is 18.5 Å². The van der Waals surface area contributed by atoms with Crippen molar-refractivity contribution in [3.05, 3.63) is 53.9 Å². The van der Waals surface area contributed by atoms with Crippen LogP contribution >= 0.6 is 11.8 Å². The molecule has 0 bridgehead atoms. The number of nitrogens with zero attached hydrogens (tertiary/aromatic N) is 2. The zero-order chi connectivity index (χ0) is 15.5. The minimum atomic E-state index is 0. The van der Waals surface area contributed by atoms with E-state index in [2.05, 4.69) is 15.9 Å². The summed E-state index contributed by atoms with van der Waals surface area (Å²) < 4.78 is 0. The summed E-state index contributed by atoms with van der Waals surface area (Å²) in [6.07, 6.45) is 11.8. The molecule has 0 atom stereocenters. The molecular weight excluding hydrogens is 292 g/mol. The Balaban J connectivity index is 0.00000192. The third kappa shape index (κ3) is 2.47. The van der Waals surface area contributed by atoms with Crippen LogP contribution in [0, 0.1) is 12.3 Å². The van der Waals surface area contributed by atoms with Gasteiger partial charge in [-0.15, -0.1) is 6.42 Å². The van der Waals surface area contributed by atoms with E-state index in [4.69, 9.17) is 6.42 Å². The monoisotopic (exact) mass is 305 g/mol. The number of terminal acetylenes is 1. The van der Waals surface area contributed by atoms with Crippen LogP contribution in [0.25, 0.3) is 21.9 Å². The van der Waals surface area contributed by atoms with Gasteiger partial charge in [-0.05, 0) is 34.7 Å². The van der Waals surface area contributed by atoms with Gasteiger partial charge in [0.25, 0.3) is 0 Å². The Morgan fingerprint density at radius 2 is 1.95 bits per heavy atom. The molecule has 0 unspecified atom stereocenters. The van der Waals surface area contributed by atoms with Crippen LogP contribution in [0.3, 0.4) is 0 Å². The Morgan fingerprint density at radius 3 is 2.59 bits per heavy atom. The summed E-state index contributed by atoms with van der Waals surface area (Å²) in [5.41, 5.74) is 3.11. The summed E-state index contributed by atoms with van der Waals surface area (Å²) in [7, 11) is 0. The maximum atomic E-state index is 11.3. The Morgan fingerprint density at radius 1 is 1.18 bits per heavy atom. The Labute approximate surface area is 134 Å². The lowest BCUT2D eigenvalue weighted by molar-refractivity contribution is 0.112. The van der Waals surface area contributed by atoms with Gasteiger partial charge in [0.15, 0.2) is 11.4 Å². The number of hydrogen-bond acceptors (Lipinski definition) is 4. The number of carbonyl (C=O) groups excluding carboxylic acids is 1. The molecule has 0 aliphatic heterocycles. The highest BCUT2D eigenvalue weighted by molar-refractivity contribution is 7.98. The Bertz CT molecular complexity index is 901. The number of thioether (sulfide) groups is 1. The quantitative estimate of drug-likeness (QED) is 0.318. The van der Waals surface area contributed by atoms with E-state index in [0.29, 0.717) is 11.1 Å². The van der Waals surface area contributed by atoms with E-state index < -0.39 is 0 Å². The minimum Gasteiger partial charge on any atom is -0.298 e. The van der Waals surface area contributed by atoms with Crippen molar-refractivity contribution in [3.8, 4) is 23.5 Å². The molecule has 0 N–H and O–H groups in total. The van der Waals surface area contributed by atoms with Crippen LogP contribution in [-0.2, 0) is 0 Å². The van der Waals surface area contributed by atoms with Crippen LogP contribution in [0.2, 0.25) is 0 Å². The average Bonchev–Trinajstić information content (AvgIpc) is 2.60. The summed E-state index contributed by atoms with van der Waals surface area (Å²) in [6, 6.07) is 9.60. The van der Waals surface area contributed by atoms with Gasteiger partial charge in [-0.25, -0.2) is 9.97 Å². The van der Waals surface area contributed by atoms with Crippen molar-refractivity contribution in [2.75, 3.05) is 6.26 Å². The van der Waals surface area contributed by atoms with Crippen molar-refractivity contribution in [2.45, 2.75) is 5.16 Å². The molecule has 2 aromatic carbocycles. The fourth-order valence-electron chi connectivity index (χ4n) is 2.36. The lowest BCUT2D eigenvalue weighted by Crippen LogP contribution is -1.91. The van der Waals surface area contributed by atoms with Crippen LogP contribution in [0.15, 0.2) is 47.9 Å². The Kier molecular flexibility index (Phi) is 3.90. The van der Waals surface area contributed by atoms with E-state index in [1.165, 1.54) is 11.8 Å². The van der Waals surface area contributed by atoms with Crippen molar-refractivity contribution < 1.29 is 6.22 Å². The molecule has 4 heteroatoms. The summed E-state index contributed by atoms with van der Waals surface area (Å²) in [5, 5.41) is 2.56. The molecule has 1 aromatic heterocycles. The lowest BCUT2D eigenvalue weighted by Gasteiger charge is -2.07. The summed E-state index contributed by atoms with van der Waals surface area (Å²) in [5.74, 6) is 2.54. The highest BCUT2D eigenvalue weighted by Gasteiger charge is 2.07. The molecule has 0 saturated heterocycles. The number of carbonyl (C=O) groups is 1. The van der Waals surface area contributed by atoms with Gasteiger partial charge in [0.2, 0.25) is 0 Å². The topological polar surface area (TPSA) is 42.9 Å². The van der Waals surface area contributed by atoms with Crippen molar-refractivity contribution in [1.29, 1.82) is 0 Å². The van der Waals surface area contributed by atoms with Gasteiger partial charge in [0.05, 0.1) is 0 Å². The third-order valence-corrected chi connectivity index (χ3v) is 4.05. The molecule has 0 fully saturated rings. The summed E-state index contributed by atoms with van der Waals surface area (Å²) in [6.45, 7) is 0. The highest BCUT2D eigenvalue weighted by Crippen LogP contribution is 2.27. The van der Waals surface area contributed by atoms with Gasteiger partial charge in [-0.2, -0.15) is 0 Å². The first-order valence-electron chi connectivity index (χ1n) is 6.62. The van der Waals surface area contributed by atoms with E-state index in [9.17, 15) is 4.79 Å². The molecule has 3 nitrogen and oxygen atoms in total. The zero-order valence-electron chi connectivity index (χ0n) is 12.9. The molecule has 22 heavy (non-hydrogen) atoms. The highest BCUT2D eigenvalue weighted by atomic mass is 32.2. The second-order valence-electron chi connectivity index (χ2n) is 4.68. The first kappa shape index (κ1) is 14.3. The summed E-state index contributed by atoms with van der Waals surface area (Å²) >= 11 is 1.50. The predicted octanol–water partition coefficient (Wildman–Crippen LogP) is 3.93. The van der Waals surface area contributed by atoms with Crippen molar-refractivity contribution in [3.63, 3.8) is 0 Å². The fourth-order valence-corrected chi connectivity index (χ4v) is 2.67. The molecule has 0 aliphatic carbocycles. The largest absolute Gasteiger partial charge is 0.298 e. The number of benzene rings is 2. The minimum absolute atomic E-state index is 0. The molecule has 0 saturated carbocycles. The van der Waals surface area contributed by atoms with Gasteiger partial charge in [0, 0.05) is 30.5 Å². The molecule has 3 aromatic rings. The maximum Gasteiger partial charge on any atom is 0.187 e. The molecule has 1 heterocycles. The lowest BCUT2D eigenvalue weighted by atomic mass is 9.97. The molecule has 0 amide bonds. The van der Waals surface area contributed by atoms with E-state index in [-0.39, 0.29) is 1.43 Å². The van der Waals surface area contributed by atoms with Crippen LogP contribution in [0.5, 0.6) is 0 Å². The van der Waals surface area contributed by atoms with Crippen molar-refractivity contribution >= 4 is 28.8 Å². The van der Waals surface area contributed by atoms with Crippen molar-refractivity contribution in [2.24, 2.45) is 0 Å². The van der Waals surface area contributed by atoms with E-state index in [0.717, 1.165) is 33.3 Å². The number of fused-ring (bicyclic) bond motifs is 1. The standard InChI is InChI=1S/C18H12N2OS.H/c1-3-12-4-5-14-8-13(6-7-16(14)17(12)11-21)15-9-19-18(22-2)20-10-15;/h1,4-11H,2H3;. The number of hydrogen-bond donors (Lipinski definition) is 0. The number of rotatable bonds is 3. The molecule has 3 rings (SSSR count). The second kappa shape index (κ2) is 6.00. The van der Waals surface area contributed by atoms with Crippen LogP contribution in [-0.4, -0.2) is 22.5 Å². The first-order chi connectivity index (χ1) is 10.8. The number of aldehydes is 1. The van der Waals surface area contributed by atoms with E-state index >= 15 is 0 Å². The molecule has 107 valence electrons. The third-order valence-electron chi connectivity index (χ3n) is 3.48. The predicted molar refractivity (Wildman–Crippen MR) is 91.2 cm³/mol. The molecule has 0 aliphatic rings. The van der Waals surface area contributed by atoms with Crippen molar-refractivity contribution in [1.82, 2.24) is 9.97 Å². The average molecular weight is 305 g/mol. The van der Waals surface area contributed by atoms with Gasteiger partial charge in [-0.3, -0.25) is 4.79 Å². The van der Waals surface area contributed by atoms with Gasteiger partial charge in [0.1, 0.15) is 0 Å². The normalized spacial score (nSPS) is 10.4. The molecule has 0 spiro atoms. The SMILES string of the molecule is C#Cc1ccc2cc(-c3cnc(SC)nc3)ccc2c1C=O.[H]. The first-order valence-corrected chi connectivity index (χ1v) is 7.84.